The van der Waals surface area contributed by atoms with Crippen LogP contribution in [0.1, 0.15) is 40.5 Å². The topological polar surface area (TPSA) is 84.4 Å². The van der Waals surface area contributed by atoms with E-state index in [1.165, 1.54) is 7.11 Å². The van der Waals surface area contributed by atoms with Crippen LogP contribution in [0.2, 0.25) is 0 Å². The number of piperidine rings is 1. The molecule has 1 unspecified atom stereocenters. The number of benzene rings is 1. The van der Waals surface area contributed by atoms with E-state index in [1.807, 2.05) is 4.90 Å². The highest BCUT2D eigenvalue weighted by Crippen LogP contribution is 2.18. The highest BCUT2D eigenvalue weighted by atomic mass is 16.5. The van der Waals surface area contributed by atoms with Gasteiger partial charge in [-0.05, 0) is 43.0 Å². The predicted octanol–water partition coefficient (Wildman–Crippen LogP) is 2.88. The Hall–Kier alpha value is -2.96. The largest absolute Gasteiger partial charge is 0.465 e. The average molecular weight is 354 g/mol. The first kappa shape index (κ1) is 17.8. The first-order chi connectivity index (χ1) is 12.6. The van der Waals surface area contributed by atoms with Crippen molar-refractivity contribution < 1.29 is 14.3 Å². The number of rotatable bonds is 4. The molecule has 2 heterocycles. The summed E-state index contributed by atoms with van der Waals surface area (Å²) in [4.78, 5) is 34.3. The molecule has 26 heavy (non-hydrogen) atoms. The molecule has 1 amide bonds. The second-order valence-corrected chi connectivity index (χ2v) is 6.49. The number of nitrogens with zero attached hydrogens (tertiary/aromatic N) is 3. The molecule has 0 aliphatic carbocycles. The van der Waals surface area contributed by atoms with E-state index < -0.39 is 0 Å². The summed E-state index contributed by atoms with van der Waals surface area (Å²) in [7, 11) is 1.34. The molecule has 1 aromatic heterocycles. The summed E-state index contributed by atoms with van der Waals surface area (Å²) in [6.07, 6.45) is 5.28. The zero-order chi connectivity index (χ0) is 18.5. The van der Waals surface area contributed by atoms with Gasteiger partial charge in [-0.15, -0.1) is 0 Å². The number of anilines is 2. The number of hydrogen-bond donors (Lipinski definition) is 1. The van der Waals surface area contributed by atoms with Crippen LogP contribution in [0.25, 0.3) is 0 Å². The van der Waals surface area contributed by atoms with Crippen LogP contribution < -0.4 is 5.32 Å². The van der Waals surface area contributed by atoms with Crippen molar-refractivity contribution in [2.24, 2.45) is 5.92 Å². The number of amides is 1. The van der Waals surface area contributed by atoms with Gasteiger partial charge in [0.05, 0.1) is 18.2 Å². The van der Waals surface area contributed by atoms with E-state index >= 15 is 0 Å². The van der Waals surface area contributed by atoms with Gasteiger partial charge in [0.1, 0.15) is 0 Å². The molecule has 3 rings (SSSR count). The van der Waals surface area contributed by atoms with Crippen LogP contribution in [0.3, 0.4) is 0 Å². The lowest BCUT2D eigenvalue weighted by Gasteiger charge is -2.30. The van der Waals surface area contributed by atoms with Crippen LogP contribution in [-0.2, 0) is 4.74 Å². The van der Waals surface area contributed by atoms with E-state index in [1.54, 1.807) is 36.7 Å². The maximum atomic E-state index is 12.5. The van der Waals surface area contributed by atoms with Gasteiger partial charge in [-0.2, -0.15) is 0 Å². The Kier molecular flexibility index (Phi) is 5.46. The van der Waals surface area contributed by atoms with Crippen molar-refractivity contribution >= 4 is 23.5 Å². The highest BCUT2D eigenvalue weighted by Gasteiger charge is 2.22. The highest BCUT2D eigenvalue weighted by molar-refractivity contribution is 5.93. The van der Waals surface area contributed by atoms with Gasteiger partial charge in [0, 0.05) is 31.2 Å². The Morgan fingerprint density at radius 3 is 2.46 bits per heavy atom. The Balaban J connectivity index is 1.64. The second-order valence-electron chi connectivity index (χ2n) is 6.49. The minimum atomic E-state index is -0.386. The Morgan fingerprint density at radius 1 is 1.15 bits per heavy atom. The van der Waals surface area contributed by atoms with Gasteiger partial charge in [0.15, 0.2) is 0 Å². The van der Waals surface area contributed by atoms with E-state index in [0.29, 0.717) is 23.0 Å². The lowest BCUT2D eigenvalue weighted by molar-refractivity contribution is 0.0600. The third kappa shape index (κ3) is 4.17. The zero-order valence-corrected chi connectivity index (χ0v) is 14.9. The van der Waals surface area contributed by atoms with Crippen LogP contribution in [0, 0.1) is 5.92 Å². The van der Waals surface area contributed by atoms with Crippen molar-refractivity contribution in [2.75, 3.05) is 25.5 Å². The minimum absolute atomic E-state index is 0.0227. The minimum Gasteiger partial charge on any atom is -0.465 e. The smallest absolute Gasteiger partial charge is 0.337 e. The van der Waals surface area contributed by atoms with Crippen molar-refractivity contribution in [1.82, 2.24) is 14.9 Å². The number of ether oxygens (including phenoxy) is 1. The third-order valence-corrected chi connectivity index (χ3v) is 4.41. The fourth-order valence-corrected chi connectivity index (χ4v) is 3.00. The summed E-state index contributed by atoms with van der Waals surface area (Å²) < 4.78 is 4.67. The number of esters is 1. The fourth-order valence-electron chi connectivity index (χ4n) is 3.00. The number of carbonyl (C=O) groups is 2. The van der Waals surface area contributed by atoms with Crippen molar-refractivity contribution in [3.8, 4) is 0 Å². The summed E-state index contributed by atoms with van der Waals surface area (Å²) in [6, 6.07) is 6.79. The molecular weight excluding hydrogens is 332 g/mol. The molecule has 0 bridgehead atoms. The molecule has 0 spiro atoms. The lowest BCUT2D eigenvalue weighted by atomic mass is 10.00. The molecule has 0 radical (unpaired) electrons. The molecule has 1 aliphatic heterocycles. The monoisotopic (exact) mass is 354 g/mol. The number of likely N-dealkylation sites (tertiary alicyclic amines) is 1. The van der Waals surface area contributed by atoms with Crippen LogP contribution >= 0.6 is 0 Å². The van der Waals surface area contributed by atoms with Crippen LogP contribution in [0.15, 0.2) is 36.7 Å². The molecule has 1 fully saturated rings. The SMILES string of the molecule is COC(=O)c1ccc(Nc2ncc(C(=O)N3CCCC(C)C3)cn2)cc1. The van der Waals surface area contributed by atoms with E-state index in [2.05, 4.69) is 26.9 Å². The molecule has 1 atom stereocenters. The Labute approximate surface area is 152 Å². The maximum absolute atomic E-state index is 12.5. The maximum Gasteiger partial charge on any atom is 0.337 e. The van der Waals surface area contributed by atoms with Gasteiger partial charge in [0.25, 0.3) is 5.91 Å². The number of methoxy groups -OCH3 is 1. The van der Waals surface area contributed by atoms with E-state index in [-0.39, 0.29) is 11.9 Å². The molecule has 1 aromatic carbocycles. The lowest BCUT2D eigenvalue weighted by Crippen LogP contribution is -2.39. The van der Waals surface area contributed by atoms with Crippen molar-refractivity contribution in [3.05, 3.63) is 47.8 Å². The van der Waals surface area contributed by atoms with E-state index in [4.69, 9.17) is 0 Å². The zero-order valence-electron chi connectivity index (χ0n) is 14.9. The third-order valence-electron chi connectivity index (χ3n) is 4.41. The molecular formula is C19H22N4O3. The molecule has 136 valence electrons. The normalized spacial score (nSPS) is 16.8. The summed E-state index contributed by atoms with van der Waals surface area (Å²) in [5.41, 5.74) is 1.70. The fraction of sp³-hybridized carbons (Fsp3) is 0.368. The van der Waals surface area contributed by atoms with Gasteiger partial charge >= 0.3 is 5.97 Å². The van der Waals surface area contributed by atoms with Crippen LogP contribution in [0.5, 0.6) is 0 Å². The average Bonchev–Trinajstić information content (AvgIpc) is 2.68. The van der Waals surface area contributed by atoms with Gasteiger partial charge in [-0.1, -0.05) is 6.92 Å². The van der Waals surface area contributed by atoms with Crippen molar-refractivity contribution in [2.45, 2.75) is 19.8 Å². The summed E-state index contributed by atoms with van der Waals surface area (Å²) in [5, 5.41) is 3.04. The van der Waals surface area contributed by atoms with Crippen LogP contribution in [-0.4, -0.2) is 46.9 Å². The van der Waals surface area contributed by atoms with Crippen molar-refractivity contribution in [3.63, 3.8) is 0 Å². The number of hydrogen-bond acceptors (Lipinski definition) is 6. The standard InChI is InChI=1S/C19H22N4O3/c1-13-4-3-9-23(12-13)17(24)15-10-20-19(21-11-15)22-16-7-5-14(6-8-16)18(25)26-2/h5-8,10-11,13H,3-4,9,12H2,1-2H3,(H,20,21,22). The van der Waals surface area contributed by atoms with Gasteiger partial charge < -0.3 is 15.0 Å². The second kappa shape index (κ2) is 7.95. The summed E-state index contributed by atoms with van der Waals surface area (Å²) in [6.45, 7) is 3.73. The van der Waals surface area contributed by atoms with Crippen LogP contribution in [0.4, 0.5) is 11.6 Å². The number of aromatic nitrogens is 2. The first-order valence-electron chi connectivity index (χ1n) is 8.63. The molecule has 7 nitrogen and oxygen atoms in total. The summed E-state index contributed by atoms with van der Waals surface area (Å²) in [5.74, 6) is 0.509. The predicted molar refractivity (Wildman–Crippen MR) is 97.4 cm³/mol. The van der Waals surface area contributed by atoms with Gasteiger partial charge in [-0.3, -0.25) is 4.79 Å². The van der Waals surface area contributed by atoms with E-state index in [9.17, 15) is 9.59 Å². The molecule has 2 aromatic rings. The molecule has 7 heteroatoms. The molecule has 0 saturated carbocycles. The summed E-state index contributed by atoms with van der Waals surface area (Å²) >= 11 is 0. The van der Waals surface area contributed by atoms with E-state index in [0.717, 1.165) is 31.6 Å². The molecule has 1 N–H and O–H groups in total. The Morgan fingerprint density at radius 2 is 1.85 bits per heavy atom. The van der Waals surface area contributed by atoms with Gasteiger partial charge in [-0.25, -0.2) is 14.8 Å². The molecule has 1 saturated heterocycles. The Bertz CT molecular complexity index is 774. The molecule has 1 aliphatic rings. The van der Waals surface area contributed by atoms with Gasteiger partial charge in [0.2, 0.25) is 5.95 Å². The van der Waals surface area contributed by atoms with Crippen molar-refractivity contribution in [1.29, 1.82) is 0 Å². The quantitative estimate of drug-likeness (QED) is 0.850. The number of nitrogens with one attached hydrogen (secondary N) is 1. The number of carbonyl (C=O) groups excluding carboxylic acids is 2. The first-order valence-corrected chi connectivity index (χ1v) is 8.63.